The maximum absolute atomic E-state index is 14.2. The lowest BCUT2D eigenvalue weighted by Gasteiger charge is -2.40. The predicted molar refractivity (Wildman–Crippen MR) is 205 cm³/mol. The number of carbonyl (C=O) groups is 3. The second-order valence-electron chi connectivity index (χ2n) is 14.1. The maximum atomic E-state index is 14.2. The van der Waals surface area contributed by atoms with Crippen molar-refractivity contribution in [3.63, 3.8) is 0 Å². The monoisotopic (exact) mass is 722 g/mol. The molecule has 0 radical (unpaired) electrons. The van der Waals surface area contributed by atoms with Crippen LogP contribution in [0.1, 0.15) is 103 Å². The minimum atomic E-state index is -2.03. The lowest BCUT2D eigenvalue weighted by molar-refractivity contribution is 0.103. The molecule has 0 unspecified atom stereocenters. The third kappa shape index (κ3) is 7.68. The van der Waals surface area contributed by atoms with Crippen molar-refractivity contribution in [1.82, 2.24) is 0 Å². The topological polar surface area (TPSA) is 85.2 Å². The fraction of sp³-hybridized carbons (Fsp3) is 0.381. The SMILES string of the molecule is O=C(N=P(C1CCCC1)(C1CCCC1)C1CCCC1)O/N=C(\CF)C(=O)c1ccc(Sc2ccc(C(=O)c3cccc4ccccc34)cc2)cc1. The quantitative estimate of drug-likeness (QED) is 0.0506. The molecule has 3 saturated carbocycles. The van der Waals surface area contributed by atoms with Crippen LogP contribution in [0.15, 0.2) is 111 Å². The van der Waals surface area contributed by atoms with Gasteiger partial charge in [-0.3, -0.25) is 14.4 Å². The van der Waals surface area contributed by atoms with Crippen molar-refractivity contribution in [2.75, 3.05) is 6.67 Å². The predicted octanol–water partition coefficient (Wildman–Crippen LogP) is 11.9. The molecular weight excluding hydrogens is 679 g/mol. The van der Waals surface area contributed by atoms with Crippen LogP contribution < -0.4 is 0 Å². The van der Waals surface area contributed by atoms with E-state index in [9.17, 15) is 18.8 Å². The molecule has 1 amide bonds. The maximum Gasteiger partial charge on any atom is 0.458 e. The molecule has 7 rings (SSSR count). The lowest BCUT2D eigenvalue weighted by Crippen LogP contribution is -2.24. The first kappa shape index (κ1) is 35.5. The van der Waals surface area contributed by atoms with Gasteiger partial charge in [-0.2, -0.15) is 4.74 Å². The van der Waals surface area contributed by atoms with Gasteiger partial charge in [-0.05, 0) is 122 Å². The number of alkyl halides is 1. The molecule has 9 heteroatoms. The molecule has 0 atom stereocenters. The van der Waals surface area contributed by atoms with Crippen molar-refractivity contribution in [1.29, 1.82) is 0 Å². The summed E-state index contributed by atoms with van der Waals surface area (Å²) in [5.41, 5.74) is 2.48. The molecule has 0 bridgehead atoms. The van der Waals surface area contributed by atoms with Gasteiger partial charge in [0.05, 0.1) is 0 Å². The average molecular weight is 723 g/mol. The summed E-state index contributed by atoms with van der Waals surface area (Å²) in [7, 11) is -2.03. The third-order valence-electron chi connectivity index (χ3n) is 11.1. The van der Waals surface area contributed by atoms with E-state index in [0.717, 1.165) is 59.1 Å². The van der Waals surface area contributed by atoms with Crippen LogP contribution in [0, 0.1) is 0 Å². The van der Waals surface area contributed by atoms with Gasteiger partial charge in [0.1, 0.15) is 6.67 Å². The molecule has 0 N–H and O–H groups in total. The second kappa shape index (κ2) is 16.2. The van der Waals surface area contributed by atoms with Gasteiger partial charge in [0.2, 0.25) is 5.78 Å². The Kier molecular flexibility index (Phi) is 11.3. The van der Waals surface area contributed by atoms with E-state index in [1.54, 1.807) is 24.3 Å². The Balaban J connectivity index is 1.02. The van der Waals surface area contributed by atoms with Crippen LogP contribution in [-0.2, 0) is 4.84 Å². The van der Waals surface area contributed by atoms with Crippen molar-refractivity contribution >= 4 is 53.0 Å². The molecule has 3 aliphatic carbocycles. The molecule has 51 heavy (non-hydrogen) atoms. The number of rotatable bonds is 11. The van der Waals surface area contributed by atoms with Gasteiger partial charge in [0, 0.05) is 26.5 Å². The summed E-state index contributed by atoms with van der Waals surface area (Å²) in [6, 6.07) is 27.9. The zero-order valence-electron chi connectivity index (χ0n) is 28.8. The first-order valence-corrected chi connectivity index (χ1v) is 21.1. The number of hydrogen-bond acceptors (Lipinski definition) is 6. The van der Waals surface area contributed by atoms with E-state index < -0.39 is 31.3 Å². The second-order valence-corrected chi connectivity index (χ2v) is 19.2. The van der Waals surface area contributed by atoms with E-state index in [0.29, 0.717) is 28.1 Å². The van der Waals surface area contributed by atoms with Crippen LogP contribution in [0.25, 0.3) is 10.8 Å². The van der Waals surface area contributed by atoms with Crippen molar-refractivity contribution in [2.45, 2.75) is 104 Å². The highest BCUT2D eigenvalue weighted by molar-refractivity contribution is 7.99. The highest BCUT2D eigenvalue weighted by Crippen LogP contribution is 2.72. The van der Waals surface area contributed by atoms with E-state index in [2.05, 4.69) is 5.16 Å². The van der Waals surface area contributed by atoms with Gasteiger partial charge in [0.25, 0.3) is 0 Å². The number of carbonyl (C=O) groups excluding carboxylic acids is 3. The zero-order chi connectivity index (χ0) is 35.2. The lowest BCUT2D eigenvalue weighted by atomic mass is 9.97. The first-order chi connectivity index (χ1) is 25.0. The van der Waals surface area contributed by atoms with Gasteiger partial charge in [-0.25, -0.2) is 9.18 Å². The van der Waals surface area contributed by atoms with Crippen LogP contribution in [-0.4, -0.2) is 47.0 Å². The van der Waals surface area contributed by atoms with Crippen molar-refractivity contribution in [2.24, 2.45) is 9.90 Å². The molecule has 3 fully saturated rings. The molecular formula is C42H44FN2O4PS. The number of Topliss-reactive ketones (excluding diaryl/α,β-unsaturated/α-hetero) is 1. The molecule has 0 aliphatic heterocycles. The Bertz CT molecular complexity index is 1920. The summed E-state index contributed by atoms with van der Waals surface area (Å²) < 4.78 is 19.1. The summed E-state index contributed by atoms with van der Waals surface area (Å²) in [4.78, 5) is 47.0. The molecule has 0 spiro atoms. The van der Waals surface area contributed by atoms with Crippen molar-refractivity contribution < 1.29 is 23.6 Å². The Morgan fingerprint density at radius 3 is 1.73 bits per heavy atom. The number of amides is 1. The fourth-order valence-corrected chi connectivity index (χ4v) is 15.7. The molecule has 0 heterocycles. The number of nitrogens with zero attached hydrogens (tertiary/aromatic N) is 2. The number of hydrogen-bond donors (Lipinski definition) is 0. The van der Waals surface area contributed by atoms with Gasteiger partial charge in [-0.1, -0.05) is 97.9 Å². The standard InChI is InChI=1S/C42H44FN2O4PS/c43-28-39(44-49-42(48)45-50(32-12-2-3-13-32,33-14-4-5-15-33)34-16-6-7-17-34)41(47)31-22-26-36(27-23-31)51-35-24-20-30(21-25-35)40(46)38-19-9-11-29-10-1-8-18-37(29)38/h1,8-11,18-27,32-34H,2-7,12-17,28H2/b44-39+. The largest absolute Gasteiger partial charge is 0.458 e. The summed E-state index contributed by atoms with van der Waals surface area (Å²) >= 11 is 1.49. The number of benzene rings is 4. The molecule has 0 saturated heterocycles. The van der Waals surface area contributed by atoms with Crippen LogP contribution in [0.3, 0.4) is 0 Å². The van der Waals surface area contributed by atoms with Crippen molar-refractivity contribution in [3.8, 4) is 0 Å². The van der Waals surface area contributed by atoms with Gasteiger partial charge >= 0.3 is 6.09 Å². The summed E-state index contributed by atoms with van der Waals surface area (Å²) in [6.07, 6.45) is 13.1. The Morgan fingerprint density at radius 2 is 1.18 bits per heavy atom. The van der Waals surface area contributed by atoms with Crippen LogP contribution in [0.2, 0.25) is 0 Å². The van der Waals surface area contributed by atoms with E-state index in [4.69, 9.17) is 9.58 Å². The normalized spacial score (nSPS) is 17.6. The Morgan fingerprint density at radius 1 is 0.667 bits per heavy atom. The van der Waals surface area contributed by atoms with Gasteiger partial charge < -0.3 is 0 Å². The fourth-order valence-electron chi connectivity index (χ4n) is 8.70. The van der Waals surface area contributed by atoms with Crippen molar-refractivity contribution in [3.05, 3.63) is 108 Å². The highest BCUT2D eigenvalue weighted by atomic mass is 32.2. The minimum Gasteiger partial charge on any atom is -0.296 e. The van der Waals surface area contributed by atoms with Crippen LogP contribution >= 0.6 is 18.8 Å². The molecule has 6 nitrogen and oxygen atoms in total. The molecule has 264 valence electrons. The first-order valence-electron chi connectivity index (χ1n) is 18.4. The van der Waals surface area contributed by atoms with E-state index in [1.807, 2.05) is 66.7 Å². The molecule has 4 aromatic carbocycles. The number of ketones is 2. The zero-order valence-corrected chi connectivity index (χ0v) is 30.6. The number of oxime groups is 1. The molecule has 0 aromatic heterocycles. The average Bonchev–Trinajstić information content (AvgIpc) is 4.00. The van der Waals surface area contributed by atoms with Crippen LogP contribution in [0.4, 0.5) is 9.18 Å². The summed E-state index contributed by atoms with van der Waals surface area (Å²) in [5, 5.41) is 5.72. The molecule has 3 aliphatic rings. The van der Waals surface area contributed by atoms with Crippen LogP contribution in [0.5, 0.6) is 0 Å². The van der Waals surface area contributed by atoms with E-state index in [1.165, 1.54) is 50.3 Å². The smallest absolute Gasteiger partial charge is 0.296 e. The highest BCUT2D eigenvalue weighted by Gasteiger charge is 2.47. The number of fused-ring (bicyclic) bond motifs is 1. The van der Waals surface area contributed by atoms with Gasteiger partial charge in [-0.15, -0.1) is 0 Å². The minimum absolute atomic E-state index is 0.0340. The summed E-state index contributed by atoms with van der Waals surface area (Å²) in [5.74, 6) is -0.657. The molecule has 4 aromatic rings. The van der Waals surface area contributed by atoms with E-state index >= 15 is 0 Å². The third-order valence-corrected chi connectivity index (χ3v) is 17.7. The van der Waals surface area contributed by atoms with E-state index in [-0.39, 0.29) is 11.3 Å². The Labute approximate surface area is 303 Å². The Hall–Kier alpha value is -3.87. The van der Waals surface area contributed by atoms with Gasteiger partial charge in [0.15, 0.2) is 11.5 Å². The summed E-state index contributed by atoms with van der Waals surface area (Å²) in [6.45, 7) is -1.15. The number of halogens is 1.